The monoisotopic (exact) mass is 330 g/mol. The summed E-state index contributed by atoms with van der Waals surface area (Å²) in [5.41, 5.74) is 1.03. The van der Waals surface area contributed by atoms with Gasteiger partial charge in [0.15, 0.2) is 5.82 Å². The summed E-state index contributed by atoms with van der Waals surface area (Å²) >= 11 is 0. The smallest absolute Gasteiger partial charge is 0.251 e. The number of nitrogens with zero attached hydrogens (tertiary/aromatic N) is 2. The molecule has 24 heavy (non-hydrogen) atoms. The first-order valence-corrected chi connectivity index (χ1v) is 8.16. The van der Waals surface area contributed by atoms with Crippen molar-refractivity contribution in [2.75, 3.05) is 6.54 Å². The van der Waals surface area contributed by atoms with Gasteiger partial charge in [0, 0.05) is 23.1 Å². The summed E-state index contributed by atoms with van der Waals surface area (Å²) in [6, 6.07) is 7.15. The highest BCUT2D eigenvalue weighted by Gasteiger charge is 2.30. The Hall–Kier alpha value is -2.21. The number of rotatable bonds is 6. The first-order valence-electron chi connectivity index (χ1n) is 8.16. The maximum absolute atomic E-state index is 12.3. The number of aliphatic hydroxyl groups is 1. The molecule has 6 heteroatoms. The van der Waals surface area contributed by atoms with E-state index in [-0.39, 0.29) is 17.2 Å². The van der Waals surface area contributed by atoms with Crippen molar-refractivity contribution in [1.82, 2.24) is 20.5 Å². The number of nitrogens with one attached hydrogen (secondary N) is 2. The molecule has 0 aliphatic rings. The Morgan fingerprint density at radius 1 is 1.29 bits per heavy atom. The molecule has 1 amide bonds. The van der Waals surface area contributed by atoms with Crippen LogP contribution >= 0.6 is 0 Å². The first kappa shape index (κ1) is 18.1. The Morgan fingerprint density at radius 2 is 1.92 bits per heavy atom. The van der Waals surface area contributed by atoms with Gasteiger partial charge in [0.05, 0.1) is 6.10 Å². The Kier molecular flexibility index (Phi) is 5.39. The number of amides is 1. The molecule has 0 aliphatic heterocycles. The fourth-order valence-electron chi connectivity index (χ4n) is 2.66. The van der Waals surface area contributed by atoms with Gasteiger partial charge in [0.1, 0.15) is 5.82 Å². The fourth-order valence-corrected chi connectivity index (χ4v) is 2.66. The number of hydrogen-bond donors (Lipinski definition) is 3. The molecule has 3 N–H and O–H groups in total. The number of aliphatic hydroxyl groups excluding tert-OH is 1. The van der Waals surface area contributed by atoms with Gasteiger partial charge < -0.3 is 10.4 Å². The van der Waals surface area contributed by atoms with Crippen LogP contribution in [0.5, 0.6) is 0 Å². The number of H-pyrrole nitrogens is 1. The van der Waals surface area contributed by atoms with Crippen LogP contribution in [0, 0.1) is 18.3 Å². The van der Waals surface area contributed by atoms with E-state index in [1.54, 1.807) is 12.1 Å². The highest BCUT2D eigenvalue weighted by atomic mass is 16.3. The molecule has 0 fully saturated rings. The topological polar surface area (TPSA) is 90.9 Å². The van der Waals surface area contributed by atoms with E-state index < -0.39 is 6.10 Å². The fraction of sp³-hybridized carbons (Fsp3) is 0.500. The van der Waals surface area contributed by atoms with Gasteiger partial charge in [0.25, 0.3) is 5.91 Å². The van der Waals surface area contributed by atoms with Crippen molar-refractivity contribution in [3.8, 4) is 11.4 Å². The summed E-state index contributed by atoms with van der Waals surface area (Å²) in [5.74, 6) is 1.34. The minimum Gasteiger partial charge on any atom is -0.392 e. The van der Waals surface area contributed by atoms with Crippen LogP contribution in [0.2, 0.25) is 0 Å². The predicted molar refractivity (Wildman–Crippen MR) is 93.5 cm³/mol. The van der Waals surface area contributed by atoms with Crippen LogP contribution in [0.3, 0.4) is 0 Å². The third-order valence-electron chi connectivity index (χ3n) is 4.14. The molecule has 1 aromatic carbocycles. The summed E-state index contributed by atoms with van der Waals surface area (Å²) in [6.07, 6.45) is -0.478. The Balaban J connectivity index is 2.00. The van der Waals surface area contributed by atoms with E-state index in [0.29, 0.717) is 17.9 Å². The van der Waals surface area contributed by atoms with Crippen LogP contribution in [0.1, 0.15) is 43.9 Å². The second-order valence-corrected chi connectivity index (χ2v) is 7.18. The lowest BCUT2D eigenvalue weighted by Gasteiger charge is -2.33. The third-order valence-corrected chi connectivity index (χ3v) is 4.14. The molecule has 0 saturated carbocycles. The largest absolute Gasteiger partial charge is 0.392 e. The molecule has 1 unspecified atom stereocenters. The van der Waals surface area contributed by atoms with Crippen molar-refractivity contribution in [3.05, 3.63) is 35.7 Å². The lowest BCUT2D eigenvalue weighted by molar-refractivity contribution is 0.0138. The predicted octanol–water partition coefficient (Wildman–Crippen LogP) is 2.55. The highest BCUT2D eigenvalue weighted by Crippen LogP contribution is 2.25. The van der Waals surface area contributed by atoms with Crippen molar-refractivity contribution in [3.63, 3.8) is 0 Å². The quantitative estimate of drug-likeness (QED) is 0.759. The molecule has 1 atom stereocenters. The van der Waals surface area contributed by atoms with E-state index in [2.05, 4.69) is 20.5 Å². The maximum Gasteiger partial charge on any atom is 0.251 e. The summed E-state index contributed by atoms with van der Waals surface area (Å²) < 4.78 is 0. The zero-order chi connectivity index (χ0) is 17.9. The Morgan fingerprint density at radius 3 is 2.42 bits per heavy atom. The molecule has 0 aliphatic carbocycles. The molecule has 2 aromatic rings. The minimum absolute atomic E-state index is 0.140. The summed E-state index contributed by atoms with van der Waals surface area (Å²) in [7, 11) is 0. The summed E-state index contributed by atoms with van der Waals surface area (Å²) in [4.78, 5) is 16.6. The molecule has 0 spiro atoms. The molecule has 2 rings (SSSR count). The van der Waals surface area contributed by atoms with Crippen LogP contribution < -0.4 is 5.32 Å². The van der Waals surface area contributed by atoms with Gasteiger partial charge >= 0.3 is 0 Å². The van der Waals surface area contributed by atoms with Gasteiger partial charge in [-0.15, -0.1) is 0 Å². The number of carbonyl (C=O) groups excluding carboxylic acids is 1. The lowest BCUT2D eigenvalue weighted by Crippen LogP contribution is -2.43. The average molecular weight is 330 g/mol. The Bertz CT molecular complexity index is 689. The van der Waals surface area contributed by atoms with Gasteiger partial charge in [-0.1, -0.05) is 39.8 Å². The summed E-state index contributed by atoms with van der Waals surface area (Å²) in [5, 5.41) is 20.0. The third kappa shape index (κ3) is 4.20. The highest BCUT2D eigenvalue weighted by molar-refractivity contribution is 5.94. The van der Waals surface area contributed by atoms with E-state index in [4.69, 9.17) is 0 Å². The summed E-state index contributed by atoms with van der Waals surface area (Å²) in [6.45, 7) is 10.1. The molecule has 130 valence electrons. The van der Waals surface area contributed by atoms with Crippen molar-refractivity contribution in [1.29, 1.82) is 0 Å². The standard InChI is InChI=1S/C18H26N4O2/c1-11(2)15(23)18(4,5)10-19-17(24)14-8-6-13(7-9-14)16-20-12(3)21-22-16/h6-9,11,15,23H,10H2,1-5H3,(H,19,24)(H,20,21,22). The zero-order valence-electron chi connectivity index (χ0n) is 14.9. The number of aryl methyl sites for hydroxylation is 1. The SMILES string of the molecule is Cc1nc(-c2ccc(C(=O)NCC(C)(C)C(O)C(C)C)cc2)n[nH]1. The van der Waals surface area contributed by atoms with Crippen LogP contribution in [-0.2, 0) is 0 Å². The van der Waals surface area contributed by atoms with Crippen LogP contribution in [0.15, 0.2) is 24.3 Å². The molecular weight excluding hydrogens is 304 g/mol. The van der Waals surface area contributed by atoms with Gasteiger partial charge in [-0.25, -0.2) is 4.98 Å². The molecule has 0 saturated heterocycles. The lowest BCUT2D eigenvalue weighted by atomic mass is 9.80. The van der Waals surface area contributed by atoms with Gasteiger partial charge in [-0.2, -0.15) is 5.10 Å². The van der Waals surface area contributed by atoms with E-state index in [1.165, 1.54) is 0 Å². The number of aromatic nitrogens is 3. The normalized spacial score (nSPS) is 13.1. The second kappa shape index (κ2) is 7.13. The first-order chi connectivity index (χ1) is 11.2. The zero-order valence-corrected chi connectivity index (χ0v) is 14.9. The number of carbonyl (C=O) groups is 1. The van der Waals surface area contributed by atoms with Crippen molar-refractivity contribution >= 4 is 5.91 Å². The van der Waals surface area contributed by atoms with Gasteiger partial charge in [-0.3, -0.25) is 9.89 Å². The second-order valence-electron chi connectivity index (χ2n) is 7.18. The molecule has 6 nitrogen and oxygen atoms in total. The van der Waals surface area contributed by atoms with Crippen molar-refractivity contribution in [2.24, 2.45) is 11.3 Å². The maximum atomic E-state index is 12.3. The van der Waals surface area contributed by atoms with E-state index in [0.717, 1.165) is 11.4 Å². The van der Waals surface area contributed by atoms with Gasteiger partial charge in [0.2, 0.25) is 0 Å². The van der Waals surface area contributed by atoms with E-state index in [1.807, 2.05) is 46.8 Å². The van der Waals surface area contributed by atoms with Crippen LogP contribution in [0.4, 0.5) is 0 Å². The molecular formula is C18H26N4O2. The number of benzene rings is 1. The molecule has 0 radical (unpaired) electrons. The van der Waals surface area contributed by atoms with Crippen molar-refractivity contribution < 1.29 is 9.90 Å². The molecule has 1 heterocycles. The number of aromatic amines is 1. The van der Waals surface area contributed by atoms with Gasteiger partial charge in [-0.05, 0) is 25.0 Å². The number of hydrogen-bond acceptors (Lipinski definition) is 4. The van der Waals surface area contributed by atoms with Crippen molar-refractivity contribution in [2.45, 2.75) is 40.7 Å². The minimum atomic E-state index is -0.478. The Labute approximate surface area is 142 Å². The molecule has 0 bridgehead atoms. The van der Waals surface area contributed by atoms with E-state index >= 15 is 0 Å². The van der Waals surface area contributed by atoms with Crippen LogP contribution in [-0.4, -0.2) is 38.8 Å². The van der Waals surface area contributed by atoms with Crippen LogP contribution in [0.25, 0.3) is 11.4 Å². The molecule has 1 aromatic heterocycles. The average Bonchev–Trinajstić information content (AvgIpc) is 2.98. The van der Waals surface area contributed by atoms with E-state index in [9.17, 15) is 9.90 Å².